The number of carbonyl (C=O) groups is 1. The van der Waals surface area contributed by atoms with Crippen LogP contribution < -0.4 is 10.6 Å². The number of rotatable bonds is 7. The molecule has 2 amide bonds. The fourth-order valence-electron chi connectivity index (χ4n) is 2.65. The van der Waals surface area contributed by atoms with Gasteiger partial charge in [-0.1, -0.05) is 42.5 Å². The lowest BCUT2D eigenvalue weighted by atomic mass is 10.1. The van der Waals surface area contributed by atoms with E-state index in [1.54, 1.807) is 24.3 Å². The van der Waals surface area contributed by atoms with Crippen LogP contribution in [0.4, 0.5) is 4.79 Å². The Morgan fingerprint density at radius 3 is 2.15 bits per heavy atom. The number of amides is 2. The van der Waals surface area contributed by atoms with Crippen molar-refractivity contribution in [1.82, 2.24) is 10.6 Å². The average molecular weight is 375 g/mol. The standard InChI is InChI=1S/C20H26N2O3S/c1-15(9-10-17-7-5-4-6-8-17)21-20(23)22-16(2)18-11-13-19(14-12-18)26(3,24)25/h4-8,11-16H,9-10H2,1-3H3,(H2,21,22,23). The molecule has 0 spiro atoms. The zero-order chi connectivity index (χ0) is 19.2. The smallest absolute Gasteiger partial charge is 0.315 e. The molecule has 5 nitrogen and oxygen atoms in total. The first-order valence-electron chi connectivity index (χ1n) is 8.66. The largest absolute Gasteiger partial charge is 0.336 e. The summed E-state index contributed by atoms with van der Waals surface area (Å²) in [5.74, 6) is 0. The number of aryl methyl sites for hydroxylation is 1. The van der Waals surface area contributed by atoms with Gasteiger partial charge < -0.3 is 10.6 Å². The maximum atomic E-state index is 12.2. The summed E-state index contributed by atoms with van der Waals surface area (Å²) in [6.07, 6.45) is 2.94. The quantitative estimate of drug-likeness (QED) is 0.779. The average Bonchev–Trinajstić information content (AvgIpc) is 2.60. The van der Waals surface area contributed by atoms with Gasteiger partial charge in [0.2, 0.25) is 0 Å². The maximum absolute atomic E-state index is 12.2. The Balaban J connectivity index is 1.82. The second-order valence-corrected chi connectivity index (χ2v) is 8.62. The van der Waals surface area contributed by atoms with E-state index in [-0.39, 0.29) is 23.0 Å². The summed E-state index contributed by atoms with van der Waals surface area (Å²) in [6, 6.07) is 16.3. The van der Waals surface area contributed by atoms with Gasteiger partial charge in [0.25, 0.3) is 0 Å². The zero-order valence-electron chi connectivity index (χ0n) is 15.4. The molecule has 6 heteroatoms. The number of sulfone groups is 1. The SMILES string of the molecule is CC(CCc1ccccc1)NC(=O)NC(C)c1ccc(S(C)(=O)=O)cc1. The fourth-order valence-corrected chi connectivity index (χ4v) is 3.28. The van der Waals surface area contributed by atoms with Crippen molar-refractivity contribution < 1.29 is 13.2 Å². The van der Waals surface area contributed by atoms with Gasteiger partial charge in [-0.15, -0.1) is 0 Å². The van der Waals surface area contributed by atoms with Crippen molar-refractivity contribution in [1.29, 1.82) is 0 Å². The number of urea groups is 1. The third-order valence-electron chi connectivity index (χ3n) is 4.24. The molecule has 0 aliphatic rings. The highest BCUT2D eigenvalue weighted by Gasteiger charge is 2.13. The monoisotopic (exact) mass is 374 g/mol. The summed E-state index contributed by atoms with van der Waals surface area (Å²) in [6.45, 7) is 3.84. The first kappa shape index (κ1) is 20.0. The van der Waals surface area contributed by atoms with Gasteiger partial charge in [0.05, 0.1) is 10.9 Å². The van der Waals surface area contributed by atoms with Gasteiger partial charge in [0.1, 0.15) is 0 Å². The summed E-state index contributed by atoms with van der Waals surface area (Å²) >= 11 is 0. The number of hydrogen-bond acceptors (Lipinski definition) is 3. The highest BCUT2D eigenvalue weighted by molar-refractivity contribution is 7.90. The predicted octanol–water partition coefficient (Wildman–Crippen LogP) is 3.47. The van der Waals surface area contributed by atoms with E-state index in [0.717, 1.165) is 18.4 Å². The molecule has 0 aliphatic carbocycles. The van der Waals surface area contributed by atoms with Crippen LogP contribution in [0, 0.1) is 0 Å². The molecule has 0 bridgehead atoms. The molecule has 0 aromatic heterocycles. The van der Waals surface area contributed by atoms with Gasteiger partial charge in [0.15, 0.2) is 9.84 Å². The molecule has 0 radical (unpaired) electrons. The van der Waals surface area contributed by atoms with Crippen molar-refractivity contribution in [2.24, 2.45) is 0 Å². The van der Waals surface area contributed by atoms with Crippen LogP contribution in [0.3, 0.4) is 0 Å². The van der Waals surface area contributed by atoms with Crippen molar-refractivity contribution >= 4 is 15.9 Å². The maximum Gasteiger partial charge on any atom is 0.315 e. The van der Waals surface area contributed by atoms with E-state index in [2.05, 4.69) is 22.8 Å². The second-order valence-electron chi connectivity index (χ2n) is 6.61. The van der Waals surface area contributed by atoms with Gasteiger partial charge in [-0.05, 0) is 49.9 Å². The summed E-state index contributed by atoms with van der Waals surface area (Å²) in [4.78, 5) is 12.4. The normalized spacial score (nSPS) is 13.7. The van der Waals surface area contributed by atoms with Crippen LogP contribution >= 0.6 is 0 Å². The van der Waals surface area contributed by atoms with E-state index in [4.69, 9.17) is 0 Å². The first-order chi connectivity index (χ1) is 12.3. The van der Waals surface area contributed by atoms with Crippen LogP contribution in [0.1, 0.15) is 37.4 Å². The Hall–Kier alpha value is -2.34. The van der Waals surface area contributed by atoms with E-state index >= 15 is 0 Å². The van der Waals surface area contributed by atoms with Crippen LogP contribution in [0.5, 0.6) is 0 Å². The van der Waals surface area contributed by atoms with Gasteiger partial charge in [-0.2, -0.15) is 0 Å². The molecule has 26 heavy (non-hydrogen) atoms. The minimum absolute atomic E-state index is 0.0509. The molecule has 0 aliphatic heterocycles. The number of nitrogens with one attached hydrogen (secondary N) is 2. The lowest BCUT2D eigenvalue weighted by Crippen LogP contribution is -2.41. The second kappa shape index (κ2) is 8.85. The van der Waals surface area contributed by atoms with E-state index in [0.29, 0.717) is 0 Å². The Morgan fingerprint density at radius 1 is 0.962 bits per heavy atom. The number of carbonyl (C=O) groups excluding carboxylic acids is 1. The number of benzene rings is 2. The molecular weight excluding hydrogens is 348 g/mol. The third kappa shape index (κ3) is 6.19. The highest BCUT2D eigenvalue weighted by Crippen LogP contribution is 2.16. The van der Waals surface area contributed by atoms with Crippen molar-refractivity contribution in [3.05, 3.63) is 65.7 Å². The molecule has 2 aromatic rings. The van der Waals surface area contributed by atoms with Crippen molar-refractivity contribution in [2.75, 3.05) is 6.26 Å². The van der Waals surface area contributed by atoms with Crippen LogP contribution in [-0.2, 0) is 16.3 Å². The minimum Gasteiger partial charge on any atom is -0.336 e. The fraction of sp³-hybridized carbons (Fsp3) is 0.350. The molecule has 2 atom stereocenters. The molecule has 0 saturated heterocycles. The lowest BCUT2D eigenvalue weighted by molar-refractivity contribution is 0.234. The summed E-state index contributed by atoms with van der Waals surface area (Å²) in [5, 5.41) is 5.82. The van der Waals surface area contributed by atoms with Crippen LogP contribution in [0.15, 0.2) is 59.5 Å². The molecule has 0 heterocycles. The van der Waals surface area contributed by atoms with Gasteiger partial charge >= 0.3 is 6.03 Å². The summed E-state index contributed by atoms with van der Waals surface area (Å²) < 4.78 is 23.0. The first-order valence-corrected chi connectivity index (χ1v) is 10.6. The third-order valence-corrected chi connectivity index (χ3v) is 5.37. The van der Waals surface area contributed by atoms with E-state index in [1.165, 1.54) is 11.8 Å². The van der Waals surface area contributed by atoms with Crippen molar-refractivity contribution in [3.63, 3.8) is 0 Å². The van der Waals surface area contributed by atoms with E-state index in [9.17, 15) is 13.2 Å². The van der Waals surface area contributed by atoms with Gasteiger partial charge in [-0.3, -0.25) is 0 Å². The Bertz CT molecular complexity index is 818. The highest BCUT2D eigenvalue weighted by atomic mass is 32.2. The summed E-state index contributed by atoms with van der Waals surface area (Å²) in [7, 11) is -3.21. The molecule has 2 rings (SSSR count). The van der Waals surface area contributed by atoms with Gasteiger partial charge in [-0.25, -0.2) is 13.2 Å². The zero-order valence-corrected chi connectivity index (χ0v) is 16.2. The van der Waals surface area contributed by atoms with Gasteiger partial charge in [0, 0.05) is 12.3 Å². The summed E-state index contributed by atoms with van der Waals surface area (Å²) in [5.41, 5.74) is 2.10. The Labute approximate surface area is 155 Å². The van der Waals surface area contributed by atoms with E-state index in [1.807, 2.05) is 32.0 Å². The molecule has 2 unspecified atom stereocenters. The molecule has 2 N–H and O–H groups in total. The predicted molar refractivity (Wildman–Crippen MR) is 104 cm³/mol. The Kier molecular flexibility index (Phi) is 6.80. The van der Waals surface area contributed by atoms with Crippen LogP contribution in [0.2, 0.25) is 0 Å². The van der Waals surface area contributed by atoms with Crippen LogP contribution in [0.25, 0.3) is 0 Å². The number of hydrogen-bond donors (Lipinski definition) is 2. The van der Waals surface area contributed by atoms with E-state index < -0.39 is 9.84 Å². The molecule has 0 saturated carbocycles. The molecule has 0 fully saturated rings. The van der Waals surface area contributed by atoms with Crippen molar-refractivity contribution in [3.8, 4) is 0 Å². The minimum atomic E-state index is -3.21. The topological polar surface area (TPSA) is 75.3 Å². The lowest BCUT2D eigenvalue weighted by Gasteiger charge is -2.19. The van der Waals surface area contributed by atoms with Crippen LogP contribution in [-0.4, -0.2) is 26.7 Å². The Morgan fingerprint density at radius 2 is 1.58 bits per heavy atom. The van der Waals surface area contributed by atoms with Crippen molar-refractivity contribution in [2.45, 2.75) is 43.7 Å². The molecule has 140 valence electrons. The molecular formula is C20H26N2O3S. The molecule has 2 aromatic carbocycles.